The van der Waals surface area contributed by atoms with Gasteiger partial charge in [-0.1, -0.05) is 42.5 Å². The Morgan fingerprint density at radius 1 is 1.00 bits per heavy atom. The van der Waals surface area contributed by atoms with Crippen molar-refractivity contribution in [2.75, 3.05) is 6.54 Å². The van der Waals surface area contributed by atoms with Gasteiger partial charge in [-0.05, 0) is 50.2 Å². The molecule has 0 saturated carbocycles. The van der Waals surface area contributed by atoms with Crippen molar-refractivity contribution in [3.8, 4) is 5.75 Å². The molecule has 2 aromatic carbocycles. The second-order valence-electron chi connectivity index (χ2n) is 7.06. The molecule has 3 heteroatoms. The van der Waals surface area contributed by atoms with Gasteiger partial charge in [0.15, 0.2) is 0 Å². The SMILES string of the molecule is CC(C)(C)NCCC(Oc1cccc2ccccc12)c1cccs1. The first-order valence-electron chi connectivity index (χ1n) is 8.46. The number of hydrogen-bond donors (Lipinski definition) is 1. The highest BCUT2D eigenvalue weighted by molar-refractivity contribution is 7.10. The summed E-state index contributed by atoms with van der Waals surface area (Å²) in [6.07, 6.45) is 1.02. The molecule has 0 fully saturated rings. The summed E-state index contributed by atoms with van der Waals surface area (Å²) in [4.78, 5) is 1.28. The fraction of sp³-hybridized carbons (Fsp3) is 0.333. The van der Waals surface area contributed by atoms with Gasteiger partial charge in [0, 0.05) is 22.2 Å². The first-order chi connectivity index (χ1) is 11.5. The summed E-state index contributed by atoms with van der Waals surface area (Å²) in [7, 11) is 0. The van der Waals surface area contributed by atoms with Crippen LogP contribution in [0.1, 0.15) is 38.2 Å². The average molecular weight is 340 g/mol. The normalized spacial score (nSPS) is 13.1. The van der Waals surface area contributed by atoms with Crippen LogP contribution in [0.3, 0.4) is 0 Å². The van der Waals surface area contributed by atoms with Crippen molar-refractivity contribution in [2.24, 2.45) is 0 Å². The third-order valence-corrected chi connectivity index (χ3v) is 4.91. The molecule has 0 bridgehead atoms. The number of hydrogen-bond acceptors (Lipinski definition) is 3. The molecule has 1 heterocycles. The van der Waals surface area contributed by atoms with Gasteiger partial charge in [-0.25, -0.2) is 0 Å². The van der Waals surface area contributed by atoms with E-state index in [4.69, 9.17) is 4.74 Å². The first-order valence-corrected chi connectivity index (χ1v) is 9.34. The van der Waals surface area contributed by atoms with Crippen molar-refractivity contribution in [1.82, 2.24) is 5.32 Å². The van der Waals surface area contributed by atoms with E-state index in [9.17, 15) is 0 Å². The molecule has 3 aromatic rings. The Kier molecular flexibility index (Phi) is 5.22. The summed E-state index contributed by atoms with van der Waals surface area (Å²) in [5, 5.41) is 8.07. The Morgan fingerprint density at radius 3 is 2.54 bits per heavy atom. The van der Waals surface area contributed by atoms with Crippen LogP contribution >= 0.6 is 11.3 Å². The van der Waals surface area contributed by atoms with Gasteiger partial charge < -0.3 is 10.1 Å². The highest BCUT2D eigenvalue weighted by Crippen LogP contribution is 2.32. The molecule has 1 unspecified atom stereocenters. The Labute approximate surface area is 148 Å². The molecule has 3 rings (SSSR count). The van der Waals surface area contributed by atoms with Gasteiger partial charge in [-0.2, -0.15) is 0 Å². The molecular weight excluding hydrogens is 314 g/mol. The van der Waals surface area contributed by atoms with Crippen molar-refractivity contribution in [3.05, 3.63) is 64.9 Å². The molecular formula is C21H25NOS. The summed E-state index contributed by atoms with van der Waals surface area (Å²) in [6.45, 7) is 7.51. The fourth-order valence-corrected chi connectivity index (χ4v) is 3.55. The van der Waals surface area contributed by atoms with E-state index in [2.05, 4.69) is 86.1 Å². The maximum atomic E-state index is 6.46. The van der Waals surface area contributed by atoms with E-state index >= 15 is 0 Å². The van der Waals surface area contributed by atoms with E-state index in [0.717, 1.165) is 18.7 Å². The number of thiophene rings is 1. The molecule has 0 spiro atoms. The second-order valence-corrected chi connectivity index (χ2v) is 8.04. The van der Waals surface area contributed by atoms with Gasteiger partial charge in [-0.3, -0.25) is 0 Å². The van der Waals surface area contributed by atoms with Crippen molar-refractivity contribution in [2.45, 2.75) is 38.8 Å². The quantitative estimate of drug-likeness (QED) is 0.613. The number of benzene rings is 2. The third-order valence-electron chi connectivity index (χ3n) is 3.94. The minimum Gasteiger partial charge on any atom is -0.484 e. The van der Waals surface area contributed by atoms with Crippen LogP contribution in [0.15, 0.2) is 60.0 Å². The molecule has 0 aliphatic heterocycles. The van der Waals surface area contributed by atoms with Crippen molar-refractivity contribution in [1.29, 1.82) is 0 Å². The van der Waals surface area contributed by atoms with Crippen LogP contribution in [0.5, 0.6) is 5.75 Å². The third kappa shape index (κ3) is 4.37. The van der Waals surface area contributed by atoms with Crippen LogP contribution < -0.4 is 10.1 Å². The molecule has 1 atom stereocenters. The largest absolute Gasteiger partial charge is 0.484 e. The summed E-state index contributed by atoms with van der Waals surface area (Å²) in [5.41, 5.74) is 0.124. The maximum absolute atomic E-state index is 6.46. The van der Waals surface area contributed by atoms with E-state index in [0.29, 0.717) is 0 Å². The zero-order valence-corrected chi connectivity index (χ0v) is 15.4. The lowest BCUT2D eigenvalue weighted by molar-refractivity contribution is 0.196. The summed E-state index contributed by atoms with van der Waals surface area (Å²) < 4.78 is 6.46. The molecule has 1 aromatic heterocycles. The van der Waals surface area contributed by atoms with Crippen LogP contribution in [0.4, 0.5) is 0 Å². The minimum atomic E-state index is 0.0747. The number of ether oxygens (including phenoxy) is 1. The molecule has 126 valence electrons. The molecule has 0 amide bonds. The van der Waals surface area contributed by atoms with Gasteiger partial charge in [0.25, 0.3) is 0 Å². The van der Waals surface area contributed by atoms with Gasteiger partial charge in [0.2, 0.25) is 0 Å². The zero-order chi connectivity index (χ0) is 17.0. The Morgan fingerprint density at radius 2 is 1.79 bits per heavy atom. The van der Waals surface area contributed by atoms with Crippen molar-refractivity contribution in [3.63, 3.8) is 0 Å². The molecule has 1 N–H and O–H groups in total. The minimum absolute atomic E-state index is 0.0747. The highest BCUT2D eigenvalue weighted by Gasteiger charge is 2.17. The lowest BCUT2D eigenvalue weighted by atomic mass is 10.1. The topological polar surface area (TPSA) is 21.3 Å². The molecule has 0 aliphatic rings. The van der Waals surface area contributed by atoms with E-state index in [1.807, 2.05) is 0 Å². The van der Waals surface area contributed by atoms with Crippen molar-refractivity contribution >= 4 is 22.1 Å². The van der Waals surface area contributed by atoms with Gasteiger partial charge >= 0.3 is 0 Å². The van der Waals surface area contributed by atoms with Gasteiger partial charge in [-0.15, -0.1) is 11.3 Å². The average Bonchev–Trinajstić information content (AvgIpc) is 3.07. The van der Waals surface area contributed by atoms with E-state index in [1.165, 1.54) is 15.6 Å². The number of fused-ring (bicyclic) bond motifs is 1. The Balaban J connectivity index is 1.81. The van der Waals surface area contributed by atoms with Crippen molar-refractivity contribution < 1.29 is 4.74 Å². The molecule has 24 heavy (non-hydrogen) atoms. The van der Waals surface area contributed by atoms with Crippen LogP contribution in [0.25, 0.3) is 10.8 Å². The summed E-state index contributed by atoms with van der Waals surface area (Å²) >= 11 is 1.76. The van der Waals surface area contributed by atoms with Crippen LogP contribution in [-0.4, -0.2) is 12.1 Å². The van der Waals surface area contributed by atoms with Crippen LogP contribution in [0, 0.1) is 0 Å². The predicted molar refractivity (Wildman–Crippen MR) is 104 cm³/mol. The van der Waals surface area contributed by atoms with Crippen LogP contribution in [-0.2, 0) is 0 Å². The predicted octanol–water partition coefficient (Wildman–Crippen LogP) is 5.80. The molecule has 2 nitrogen and oxygen atoms in total. The fourth-order valence-electron chi connectivity index (χ4n) is 2.76. The lowest BCUT2D eigenvalue weighted by Gasteiger charge is -2.24. The Hall–Kier alpha value is -1.84. The Bertz CT molecular complexity index is 769. The first kappa shape index (κ1) is 17.0. The number of rotatable bonds is 6. The van der Waals surface area contributed by atoms with E-state index < -0.39 is 0 Å². The summed E-state index contributed by atoms with van der Waals surface area (Å²) in [5.74, 6) is 0.960. The zero-order valence-electron chi connectivity index (χ0n) is 14.6. The monoisotopic (exact) mass is 339 g/mol. The van der Waals surface area contributed by atoms with Crippen LogP contribution in [0.2, 0.25) is 0 Å². The van der Waals surface area contributed by atoms with E-state index in [-0.39, 0.29) is 11.6 Å². The number of nitrogens with one attached hydrogen (secondary N) is 1. The van der Waals surface area contributed by atoms with Gasteiger partial charge in [0.1, 0.15) is 11.9 Å². The molecule has 0 aliphatic carbocycles. The maximum Gasteiger partial charge on any atom is 0.134 e. The standard InChI is InChI=1S/C21H25NOS/c1-21(2,3)22-14-13-19(20-12-7-15-24-20)23-18-11-6-9-16-8-4-5-10-17(16)18/h4-12,15,19,22H,13-14H2,1-3H3. The lowest BCUT2D eigenvalue weighted by Crippen LogP contribution is -2.37. The highest BCUT2D eigenvalue weighted by atomic mass is 32.1. The van der Waals surface area contributed by atoms with E-state index in [1.54, 1.807) is 11.3 Å². The second kappa shape index (κ2) is 7.37. The molecule has 0 radical (unpaired) electrons. The smallest absolute Gasteiger partial charge is 0.134 e. The van der Waals surface area contributed by atoms with Gasteiger partial charge in [0.05, 0.1) is 0 Å². The summed E-state index contributed by atoms with van der Waals surface area (Å²) in [6, 6.07) is 18.9. The molecule has 0 saturated heterocycles.